The normalized spacial score (nSPS) is 15.5. The van der Waals surface area contributed by atoms with E-state index in [-0.39, 0.29) is 35.2 Å². The minimum Gasteiger partial charge on any atom is -0.351 e. The Hall–Kier alpha value is -2.71. The molecule has 1 aliphatic rings. The van der Waals surface area contributed by atoms with Crippen molar-refractivity contribution in [2.45, 2.75) is 31.1 Å². The zero-order valence-electron chi connectivity index (χ0n) is 18.2. The first kappa shape index (κ1) is 23.0. The van der Waals surface area contributed by atoms with Crippen LogP contribution in [0.2, 0.25) is 0 Å². The third-order valence-electron chi connectivity index (χ3n) is 5.66. The Morgan fingerprint density at radius 1 is 0.968 bits per heavy atom. The average molecular weight is 444 g/mol. The van der Waals surface area contributed by atoms with E-state index in [2.05, 4.69) is 5.32 Å². The van der Waals surface area contributed by atoms with Crippen molar-refractivity contribution >= 4 is 21.8 Å². The summed E-state index contributed by atoms with van der Waals surface area (Å²) in [6.45, 7) is 7.19. The van der Waals surface area contributed by atoms with Crippen LogP contribution in [0.4, 0.5) is 0 Å². The summed E-state index contributed by atoms with van der Waals surface area (Å²) >= 11 is 0. The molecule has 3 rings (SSSR count). The molecule has 1 aliphatic heterocycles. The van der Waals surface area contributed by atoms with Crippen LogP contribution in [0, 0.1) is 0 Å². The smallest absolute Gasteiger partial charge is 0.251 e. The molecule has 1 saturated heterocycles. The minimum absolute atomic E-state index is 0.0610. The summed E-state index contributed by atoms with van der Waals surface area (Å²) in [6, 6.07) is 16.0. The summed E-state index contributed by atoms with van der Waals surface area (Å²) in [4.78, 5) is 25.9. The molecule has 0 unspecified atom stereocenters. The van der Waals surface area contributed by atoms with Crippen LogP contribution in [0.1, 0.15) is 36.7 Å². The first-order chi connectivity index (χ1) is 14.6. The van der Waals surface area contributed by atoms with E-state index in [0.29, 0.717) is 25.2 Å². The maximum atomic E-state index is 13.0. The Morgan fingerprint density at radius 2 is 1.61 bits per heavy atom. The summed E-state index contributed by atoms with van der Waals surface area (Å²) in [5, 5.41) is 2.92. The van der Waals surface area contributed by atoms with Gasteiger partial charge in [0.25, 0.3) is 5.91 Å². The van der Waals surface area contributed by atoms with Crippen LogP contribution in [0.5, 0.6) is 0 Å². The van der Waals surface area contributed by atoms with Crippen LogP contribution in [-0.2, 0) is 20.2 Å². The van der Waals surface area contributed by atoms with Gasteiger partial charge in [-0.15, -0.1) is 0 Å². The summed E-state index contributed by atoms with van der Waals surface area (Å²) < 4.78 is 27.4. The molecule has 0 atom stereocenters. The van der Waals surface area contributed by atoms with Gasteiger partial charge in [-0.1, -0.05) is 50.2 Å². The van der Waals surface area contributed by atoms with E-state index in [9.17, 15) is 18.0 Å². The molecule has 0 saturated carbocycles. The van der Waals surface area contributed by atoms with Gasteiger partial charge in [0.05, 0.1) is 4.90 Å². The molecule has 31 heavy (non-hydrogen) atoms. The van der Waals surface area contributed by atoms with Gasteiger partial charge in [-0.3, -0.25) is 9.59 Å². The summed E-state index contributed by atoms with van der Waals surface area (Å²) in [7, 11) is -3.74. The van der Waals surface area contributed by atoms with Crippen LogP contribution in [-0.4, -0.2) is 62.2 Å². The molecule has 7 nitrogen and oxygen atoms in total. The Labute approximate surface area is 184 Å². The quantitative estimate of drug-likeness (QED) is 0.742. The van der Waals surface area contributed by atoms with Crippen LogP contribution < -0.4 is 5.32 Å². The van der Waals surface area contributed by atoms with Gasteiger partial charge in [0.1, 0.15) is 0 Å². The van der Waals surface area contributed by atoms with E-state index in [1.165, 1.54) is 23.4 Å². The molecule has 8 heteroatoms. The highest BCUT2D eigenvalue weighted by Crippen LogP contribution is 2.22. The van der Waals surface area contributed by atoms with Crippen LogP contribution >= 0.6 is 0 Å². The number of sulfonamides is 1. The Morgan fingerprint density at radius 3 is 2.23 bits per heavy atom. The van der Waals surface area contributed by atoms with Gasteiger partial charge >= 0.3 is 0 Å². The molecule has 2 amide bonds. The molecule has 2 aromatic rings. The molecular weight excluding hydrogens is 414 g/mol. The van der Waals surface area contributed by atoms with E-state index >= 15 is 0 Å². The number of piperazine rings is 1. The second-order valence-corrected chi connectivity index (χ2v) is 10.3. The third-order valence-corrected chi connectivity index (χ3v) is 7.56. The monoisotopic (exact) mass is 443 g/mol. The molecule has 0 radical (unpaired) electrons. The van der Waals surface area contributed by atoms with Gasteiger partial charge in [0.15, 0.2) is 0 Å². The molecule has 0 bridgehead atoms. The van der Waals surface area contributed by atoms with Gasteiger partial charge in [-0.2, -0.15) is 4.31 Å². The number of nitrogens with one attached hydrogen (secondary N) is 1. The lowest BCUT2D eigenvalue weighted by Crippen LogP contribution is -2.49. The minimum atomic E-state index is -3.74. The van der Waals surface area contributed by atoms with Crippen molar-refractivity contribution in [1.82, 2.24) is 14.5 Å². The highest BCUT2D eigenvalue weighted by atomic mass is 32.2. The van der Waals surface area contributed by atoms with Crippen LogP contribution in [0.3, 0.4) is 0 Å². The van der Waals surface area contributed by atoms with Gasteiger partial charge in [0.2, 0.25) is 15.9 Å². The Balaban J connectivity index is 1.69. The number of benzene rings is 2. The first-order valence-electron chi connectivity index (χ1n) is 10.3. The topological polar surface area (TPSA) is 86.8 Å². The third kappa shape index (κ3) is 5.32. The number of rotatable bonds is 6. The predicted molar refractivity (Wildman–Crippen MR) is 119 cm³/mol. The zero-order chi connectivity index (χ0) is 22.6. The van der Waals surface area contributed by atoms with Crippen LogP contribution in [0.15, 0.2) is 59.5 Å². The molecule has 0 spiro atoms. The summed E-state index contributed by atoms with van der Waals surface area (Å²) in [6.07, 6.45) is 0. The number of carbonyl (C=O) groups excluding carboxylic acids is 2. The molecular formula is C23H29N3O4S. The predicted octanol–water partition coefficient (Wildman–Crippen LogP) is 2.25. The fraction of sp³-hybridized carbons (Fsp3) is 0.391. The van der Waals surface area contributed by atoms with Crippen molar-refractivity contribution in [2.24, 2.45) is 0 Å². The highest BCUT2D eigenvalue weighted by Gasteiger charge is 2.30. The molecule has 166 valence electrons. The molecule has 1 N–H and O–H groups in total. The van der Waals surface area contributed by atoms with Gasteiger partial charge in [0, 0.05) is 50.6 Å². The number of amides is 2. The average Bonchev–Trinajstić information content (AvgIpc) is 2.78. The number of nitrogens with zero attached hydrogens (tertiary/aromatic N) is 2. The van der Waals surface area contributed by atoms with Crippen molar-refractivity contribution in [3.8, 4) is 0 Å². The van der Waals surface area contributed by atoms with Crippen molar-refractivity contribution in [1.29, 1.82) is 0 Å². The highest BCUT2D eigenvalue weighted by molar-refractivity contribution is 7.89. The molecule has 1 heterocycles. The fourth-order valence-corrected chi connectivity index (χ4v) is 5.05. The Bertz CT molecular complexity index is 1040. The van der Waals surface area contributed by atoms with Crippen LogP contribution in [0.25, 0.3) is 0 Å². The molecule has 0 aromatic heterocycles. The lowest BCUT2D eigenvalue weighted by molar-refractivity contribution is -0.129. The van der Waals surface area contributed by atoms with E-state index < -0.39 is 10.0 Å². The van der Waals surface area contributed by atoms with Crippen molar-refractivity contribution in [3.63, 3.8) is 0 Å². The number of carbonyl (C=O) groups is 2. The van der Waals surface area contributed by atoms with E-state index in [1.54, 1.807) is 17.0 Å². The molecule has 1 fully saturated rings. The number of hydrogen-bond donors (Lipinski definition) is 1. The fourth-order valence-electron chi connectivity index (χ4n) is 3.58. The van der Waals surface area contributed by atoms with Gasteiger partial charge in [-0.25, -0.2) is 8.42 Å². The van der Waals surface area contributed by atoms with E-state index in [0.717, 1.165) is 5.56 Å². The second kappa shape index (κ2) is 9.20. The van der Waals surface area contributed by atoms with Crippen molar-refractivity contribution in [3.05, 3.63) is 65.7 Å². The van der Waals surface area contributed by atoms with E-state index in [1.807, 2.05) is 44.2 Å². The second-order valence-electron chi connectivity index (χ2n) is 8.37. The largest absolute Gasteiger partial charge is 0.351 e. The van der Waals surface area contributed by atoms with Gasteiger partial charge < -0.3 is 10.2 Å². The summed E-state index contributed by atoms with van der Waals surface area (Å²) in [5.41, 5.74) is 1.14. The SMILES string of the molecule is CC(=O)N1CCN(S(=O)(=O)c2cccc(C(=O)NCC(C)(C)c3ccccc3)c2)CC1. The standard InChI is InChI=1S/C23H29N3O4S/c1-18(27)25-12-14-26(15-13-25)31(29,30)21-11-7-8-19(16-21)22(28)24-17-23(2,3)20-9-5-4-6-10-20/h4-11,16H,12-15,17H2,1-3H3,(H,24,28). The molecule has 2 aromatic carbocycles. The Kier molecular flexibility index (Phi) is 6.81. The lowest BCUT2D eigenvalue weighted by Gasteiger charge is -2.33. The van der Waals surface area contributed by atoms with Gasteiger partial charge in [-0.05, 0) is 23.8 Å². The first-order valence-corrected chi connectivity index (χ1v) is 11.7. The van der Waals surface area contributed by atoms with E-state index in [4.69, 9.17) is 0 Å². The lowest BCUT2D eigenvalue weighted by atomic mass is 9.84. The molecule has 0 aliphatic carbocycles. The number of hydrogen-bond acceptors (Lipinski definition) is 4. The summed E-state index contributed by atoms with van der Waals surface area (Å²) in [5.74, 6) is -0.378. The maximum absolute atomic E-state index is 13.0. The van der Waals surface area contributed by atoms with Crippen molar-refractivity contribution < 1.29 is 18.0 Å². The maximum Gasteiger partial charge on any atom is 0.251 e. The van der Waals surface area contributed by atoms with Crippen molar-refractivity contribution in [2.75, 3.05) is 32.7 Å². The zero-order valence-corrected chi connectivity index (χ0v) is 19.0.